The number of amides is 1. The molecule has 0 spiro atoms. The quantitative estimate of drug-likeness (QED) is 0.693. The van der Waals surface area contributed by atoms with Crippen LogP contribution in [0.3, 0.4) is 0 Å². The van der Waals surface area contributed by atoms with Crippen LogP contribution in [-0.4, -0.2) is 37.0 Å². The maximum absolute atomic E-state index is 11.2. The average molecular weight is 248 g/mol. The first-order valence-electron chi connectivity index (χ1n) is 6.20. The Balaban J connectivity index is 2.05. The second-order valence-electron chi connectivity index (χ2n) is 4.89. The maximum atomic E-state index is 11.2. The highest BCUT2D eigenvalue weighted by Crippen LogP contribution is 2.20. The summed E-state index contributed by atoms with van der Waals surface area (Å²) in [5, 5.41) is 3.43. The fourth-order valence-corrected chi connectivity index (χ4v) is 2.25. The van der Waals surface area contributed by atoms with Gasteiger partial charge in [0, 0.05) is 17.4 Å². The lowest BCUT2D eigenvalue weighted by Crippen LogP contribution is -2.36. The van der Waals surface area contributed by atoms with Crippen LogP contribution in [0.1, 0.15) is 23.2 Å². The van der Waals surface area contributed by atoms with Crippen molar-refractivity contribution in [3.05, 3.63) is 23.8 Å². The van der Waals surface area contributed by atoms with Crippen LogP contribution >= 0.6 is 0 Å². The molecule has 0 aromatic heterocycles. The molecule has 1 aliphatic heterocycles. The number of hydrogen-bond donors (Lipinski definition) is 3. The Morgan fingerprint density at radius 2 is 2.06 bits per heavy atom. The summed E-state index contributed by atoms with van der Waals surface area (Å²) >= 11 is 0. The van der Waals surface area contributed by atoms with Gasteiger partial charge >= 0.3 is 0 Å². The minimum atomic E-state index is -0.487. The van der Waals surface area contributed by atoms with Crippen molar-refractivity contribution in [3.63, 3.8) is 0 Å². The van der Waals surface area contributed by atoms with Gasteiger partial charge in [-0.2, -0.15) is 0 Å². The van der Waals surface area contributed by atoms with E-state index in [1.807, 2.05) is 6.07 Å². The third-order valence-corrected chi connectivity index (χ3v) is 3.41. The first-order valence-corrected chi connectivity index (χ1v) is 6.20. The van der Waals surface area contributed by atoms with Gasteiger partial charge in [0.2, 0.25) is 0 Å². The van der Waals surface area contributed by atoms with Crippen LogP contribution < -0.4 is 16.8 Å². The largest absolute Gasteiger partial charge is 0.398 e. The molecule has 1 fully saturated rings. The molecule has 0 radical (unpaired) electrons. The number of likely N-dealkylation sites (tertiary alicyclic amines) is 1. The number of piperidine rings is 1. The van der Waals surface area contributed by atoms with Crippen LogP contribution in [0.15, 0.2) is 18.2 Å². The molecule has 1 aliphatic rings. The number of carbonyl (C=O) groups excluding carboxylic acids is 1. The van der Waals surface area contributed by atoms with E-state index in [2.05, 4.69) is 17.3 Å². The summed E-state index contributed by atoms with van der Waals surface area (Å²) in [6.07, 6.45) is 2.21. The number of benzene rings is 1. The summed E-state index contributed by atoms with van der Waals surface area (Å²) in [6.45, 7) is 2.19. The molecule has 0 atom stereocenters. The molecule has 0 aliphatic carbocycles. The van der Waals surface area contributed by atoms with Crippen LogP contribution in [0, 0.1) is 0 Å². The zero-order valence-corrected chi connectivity index (χ0v) is 10.6. The molecule has 0 unspecified atom stereocenters. The molecule has 2 rings (SSSR count). The molecule has 1 saturated heterocycles. The lowest BCUT2D eigenvalue weighted by molar-refractivity contribution is 0.100. The van der Waals surface area contributed by atoms with Crippen LogP contribution in [0.25, 0.3) is 0 Å². The lowest BCUT2D eigenvalue weighted by atomic mass is 10.0. The number of primary amides is 1. The number of anilines is 2. The van der Waals surface area contributed by atoms with E-state index in [0.717, 1.165) is 31.6 Å². The molecule has 1 amide bonds. The minimum absolute atomic E-state index is 0.382. The van der Waals surface area contributed by atoms with Gasteiger partial charge in [0.1, 0.15) is 0 Å². The Labute approximate surface area is 107 Å². The van der Waals surface area contributed by atoms with Gasteiger partial charge in [-0.3, -0.25) is 4.79 Å². The summed E-state index contributed by atoms with van der Waals surface area (Å²) in [5.74, 6) is -0.487. The highest BCUT2D eigenvalue weighted by Gasteiger charge is 2.16. The Kier molecular flexibility index (Phi) is 3.72. The molecule has 1 aromatic rings. The molecule has 0 bridgehead atoms. The number of nitrogens with two attached hydrogens (primary N) is 2. The Hall–Kier alpha value is -1.75. The van der Waals surface area contributed by atoms with Gasteiger partial charge in [-0.25, -0.2) is 0 Å². The Morgan fingerprint density at radius 3 is 2.67 bits per heavy atom. The summed E-state index contributed by atoms with van der Waals surface area (Å²) in [6, 6.07) is 5.79. The zero-order chi connectivity index (χ0) is 13.1. The van der Waals surface area contributed by atoms with Gasteiger partial charge in [0.05, 0.1) is 5.56 Å². The van der Waals surface area contributed by atoms with Crippen LogP contribution in [0.5, 0.6) is 0 Å². The molecule has 18 heavy (non-hydrogen) atoms. The monoisotopic (exact) mass is 248 g/mol. The summed E-state index contributed by atoms with van der Waals surface area (Å²) in [5.41, 5.74) is 12.7. The van der Waals surface area contributed by atoms with E-state index >= 15 is 0 Å². The number of nitrogens with one attached hydrogen (secondary N) is 1. The Bertz CT molecular complexity index is 439. The third-order valence-electron chi connectivity index (χ3n) is 3.41. The smallest absolute Gasteiger partial charge is 0.250 e. The number of nitrogen functional groups attached to an aromatic ring is 1. The van der Waals surface area contributed by atoms with Crippen LogP contribution in [-0.2, 0) is 0 Å². The predicted molar refractivity (Wildman–Crippen MR) is 73.5 cm³/mol. The molecule has 1 heterocycles. The van der Waals surface area contributed by atoms with Crippen molar-refractivity contribution in [2.45, 2.75) is 18.9 Å². The normalized spacial score (nSPS) is 17.6. The number of rotatable bonds is 3. The van der Waals surface area contributed by atoms with Gasteiger partial charge in [-0.15, -0.1) is 0 Å². The second-order valence-corrected chi connectivity index (χ2v) is 4.89. The standard InChI is InChI=1S/C13H20N4O/c1-17-6-4-9(5-7-17)16-10-2-3-12(14)11(8-10)13(15)18/h2-3,8-9,16H,4-7,14H2,1H3,(H2,15,18). The topological polar surface area (TPSA) is 84.4 Å². The highest BCUT2D eigenvalue weighted by molar-refractivity contribution is 5.98. The summed E-state index contributed by atoms with van der Waals surface area (Å²) < 4.78 is 0. The van der Waals surface area contributed by atoms with E-state index in [9.17, 15) is 4.79 Å². The number of carbonyl (C=O) groups is 1. The average Bonchev–Trinajstić information content (AvgIpc) is 2.34. The molecule has 98 valence electrons. The summed E-state index contributed by atoms with van der Waals surface area (Å²) in [4.78, 5) is 13.5. The van der Waals surface area contributed by atoms with Crippen molar-refractivity contribution in [2.24, 2.45) is 5.73 Å². The van der Waals surface area contributed by atoms with Crippen LogP contribution in [0.2, 0.25) is 0 Å². The van der Waals surface area contributed by atoms with E-state index < -0.39 is 5.91 Å². The lowest BCUT2D eigenvalue weighted by Gasteiger charge is -2.30. The number of nitrogens with zero attached hydrogens (tertiary/aromatic N) is 1. The van der Waals surface area contributed by atoms with Crippen molar-refractivity contribution in [2.75, 3.05) is 31.2 Å². The van der Waals surface area contributed by atoms with E-state index in [1.54, 1.807) is 12.1 Å². The highest BCUT2D eigenvalue weighted by atomic mass is 16.1. The van der Waals surface area contributed by atoms with Crippen LogP contribution in [0.4, 0.5) is 11.4 Å². The van der Waals surface area contributed by atoms with Gasteiger partial charge in [0.25, 0.3) is 5.91 Å². The molecular formula is C13H20N4O. The molecule has 5 N–H and O–H groups in total. The van der Waals surface area contributed by atoms with Gasteiger partial charge in [-0.05, 0) is 51.2 Å². The zero-order valence-electron chi connectivity index (χ0n) is 10.6. The van der Waals surface area contributed by atoms with Crippen molar-refractivity contribution in [1.82, 2.24) is 4.90 Å². The van der Waals surface area contributed by atoms with E-state index in [4.69, 9.17) is 11.5 Å². The van der Waals surface area contributed by atoms with Crippen molar-refractivity contribution < 1.29 is 4.79 Å². The predicted octanol–water partition coefficient (Wildman–Crippen LogP) is 0.874. The first-order chi connectivity index (χ1) is 8.56. The summed E-state index contributed by atoms with van der Waals surface area (Å²) in [7, 11) is 2.13. The first kappa shape index (κ1) is 12.7. The molecular weight excluding hydrogens is 228 g/mol. The van der Waals surface area contributed by atoms with Gasteiger partial charge < -0.3 is 21.7 Å². The molecule has 1 aromatic carbocycles. The molecule has 5 nitrogen and oxygen atoms in total. The van der Waals surface area contributed by atoms with Crippen molar-refractivity contribution in [3.8, 4) is 0 Å². The fourth-order valence-electron chi connectivity index (χ4n) is 2.25. The fraction of sp³-hybridized carbons (Fsp3) is 0.462. The number of hydrogen-bond acceptors (Lipinski definition) is 4. The second kappa shape index (κ2) is 5.27. The molecule has 0 saturated carbocycles. The van der Waals surface area contributed by atoms with Gasteiger partial charge in [-0.1, -0.05) is 0 Å². The SMILES string of the molecule is CN1CCC(Nc2ccc(N)c(C(N)=O)c2)CC1. The van der Waals surface area contributed by atoms with Crippen molar-refractivity contribution >= 4 is 17.3 Å². The van der Waals surface area contributed by atoms with Gasteiger partial charge in [0.15, 0.2) is 0 Å². The van der Waals surface area contributed by atoms with Crippen molar-refractivity contribution in [1.29, 1.82) is 0 Å². The molecule has 5 heteroatoms. The van der Waals surface area contributed by atoms with E-state index in [-0.39, 0.29) is 0 Å². The van der Waals surface area contributed by atoms with E-state index in [1.165, 1.54) is 0 Å². The maximum Gasteiger partial charge on any atom is 0.250 e. The minimum Gasteiger partial charge on any atom is -0.398 e. The van der Waals surface area contributed by atoms with E-state index in [0.29, 0.717) is 17.3 Å². The third kappa shape index (κ3) is 2.92. The Morgan fingerprint density at radius 1 is 1.39 bits per heavy atom.